The fourth-order valence-electron chi connectivity index (χ4n) is 3.64. The summed E-state index contributed by atoms with van der Waals surface area (Å²) >= 11 is 0. The van der Waals surface area contributed by atoms with E-state index in [-0.39, 0.29) is 0 Å². The van der Waals surface area contributed by atoms with E-state index in [2.05, 4.69) is 60.2 Å². The van der Waals surface area contributed by atoms with Gasteiger partial charge in [-0.1, -0.05) is 48.9 Å². The fourth-order valence-corrected chi connectivity index (χ4v) is 3.64. The highest BCUT2D eigenvalue weighted by Gasteiger charge is 2.25. The number of nitrogens with zero attached hydrogens (tertiary/aromatic N) is 2. The minimum absolute atomic E-state index is 0.512. The summed E-state index contributed by atoms with van der Waals surface area (Å²) < 4.78 is 0. The van der Waals surface area contributed by atoms with Crippen molar-refractivity contribution in [1.82, 2.24) is 9.80 Å². The highest BCUT2D eigenvalue weighted by molar-refractivity contribution is 5.19. The molecule has 0 bridgehead atoms. The van der Waals surface area contributed by atoms with Crippen LogP contribution in [0.1, 0.15) is 44.2 Å². The van der Waals surface area contributed by atoms with Gasteiger partial charge in [-0.3, -0.25) is 9.80 Å². The van der Waals surface area contributed by atoms with Crippen molar-refractivity contribution < 1.29 is 0 Å². The monoisotopic (exact) mass is 312 g/mol. The van der Waals surface area contributed by atoms with Crippen molar-refractivity contribution >= 4 is 0 Å². The Hall–Kier alpha value is -1.38. The Bertz CT molecular complexity index is 452. The van der Waals surface area contributed by atoms with Crippen LogP contribution in [0.15, 0.2) is 55.6 Å². The van der Waals surface area contributed by atoms with Gasteiger partial charge in [0.1, 0.15) is 0 Å². The molecule has 0 aliphatic carbocycles. The third-order valence-electron chi connectivity index (χ3n) is 4.93. The molecule has 1 aliphatic heterocycles. The van der Waals surface area contributed by atoms with Gasteiger partial charge in [-0.2, -0.15) is 0 Å². The second-order valence-electron chi connectivity index (χ2n) is 6.64. The van der Waals surface area contributed by atoms with Gasteiger partial charge in [-0.15, -0.1) is 13.2 Å². The summed E-state index contributed by atoms with van der Waals surface area (Å²) in [5.41, 5.74) is 1.46. The van der Waals surface area contributed by atoms with Crippen molar-refractivity contribution in [2.45, 2.75) is 44.7 Å². The SMILES string of the molecule is C=CCN(CC=C)[C@@H](C)C[C@H](c1ccccc1)N1CCCCC1. The van der Waals surface area contributed by atoms with Crippen molar-refractivity contribution in [3.63, 3.8) is 0 Å². The molecule has 1 aliphatic rings. The summed E-state index contributed by atoms with van der Waals surface area (Å²) in [7, 11) is 0. The summed E-state index contributed by atoms with van der Waals surface area (Å²) in [6, 6.07) is 12.1. The molecule has 1 fully saturated rings. The van der Waals surface area contributed by atoms with Crippen LogP contribution in [0.4, 0.5) is 0 Å². The molecule has 1 saturated heterocycles. The molecule has 0 radical (unpaired) electrons. The van der Waals surface area contributed by atoms with Crippen molar-refractivity contribution in [2.75, 3.05) is 26.2 Å². The molecular weight excluding hydrogens is 280 g/mol. The van der Waals surface area contributed by atoms with Crippen LogP contribution in [0.5, 0.6) is 0 Å². The normalized spacial score (nSPS) is 18.5. The van der Waals surface area contributed by atoms with Gasteiger partial charge in [0.15, 0.2) is 0 Å². The van der Waals surface area contributed by atoms with Gasteiger partial charge in [-0.05, 0) is 44.8 Å². The lowest BCUT2D eigenvalue weighted by atomic mass is 9.95. The van der Waals surface area contributed by atoms with Gasteiger partial charge in [0.2, 0.25) is 0 Å². The molecule has 1 aromatic rings. The van der Waals surface area contributed by atoms with E-state index in [1.165, 1.54) is 37.9 Å². The molecule has 0 spiro atoms. The van der Waals surface area contributed by atoms with E-state index in [1.807, 2.05) is 12.2 Å². The smallest absolute Gasteiger partial charge is 0.0362 e. The lowest BCUT2D eigenvalue weighted by molar-refractivity contribution is 0.122. The zero-order chi connectivity index (χ0) is 16.5. The van der Waals surface area contributed by atoms with Gasteiger partial charge < -0.3 is 0 Å². The molecule has 0 aromatic heterocycles. The predicted octanol–water partition coefficient (Wildman–Crippen LogP) is 4.67. The van der Waals surface area contributed by atoms with Crippen LogP contribution in [-0.2, 0) is 0 Å². The van der Waals surface area contributed by atoms with Gasteiger partial charge >= 0.3 is 0 Å². The first kappa shape index (κ1) is 18.0. The molecule has 2 nitrogen and oxygen atoms in total. The standard InChI is InChI=1S/C21H32N2/c1-4-14-22(15-5-2)19(3)18-21(20-12-8-6-9-13-20)23-16-10-7-11-17-23/h4-6,8-9,12-13,19,21H,1-2,7,10-11,14-18H2,3H3/t19-,21+/m0/s1. The largest absolute Gasteiger partial charge is 0.296 e. The maximum absolute atomic E-state index is 3.91. The Morgan fingerprint density at radius 2 is 1.65 bits per heavy atom. The zero-order valence-electron chi connectivity index (χ0n) is 14.7. The third-order valence-corrected chi connectivity index (χ3v) is 4.93. The molecule has 0 N–H and O–H groups in total. The second-order valence-corrected chi connectivity index (χ2v) is 6.64. The van der Waals surface area contributed by atoms with Crippen LogP contribution in [0.3, 0.4) is 0 Å². The first-order chi connectivity index (χ1) is 11.3. The van der Waals surface area contributed by atoms with E-state index in [9.17, 15) is 0 Å². The average molecular weight is 313 g/mol. The summed E-state index contributed by atoms with van der Waals surface area (Å²) in [5.74, 6) is 0. The molecule has 126 valence electrons. The molecular formula is C21H32N2. The highest BCUT2D eigenvalue weighted by atomic mass is 15.2. The predicted molar refractivity (Wildman–Crippen MR) is 101 cm³/mol. The van der Waals surface area contributed by atoms with E-state index in [0.29, 0.717) is 12.1 Å². The maximum Gasteiger partial charge on any atom is 0.0362 e. The van der Waals surface area contributed by atoms with E-state index in [0.717, 1.165) is 19.5 Å². The number of benzene rings is 1. The third kappa shape index (κ3) is 5.33. The Morgan fingerprint density at radius 1 is 1.04 bits per heavy atom. The second kappa shape index (κ2) is 9.69. The lowest BCUT2D eigenvalue weighted by Gasteiger charge is -2.38. The van der Waals surface area contributed by atoms with E-state index in [4.69, 9.17) is 0 Å². The molecule has 1 heterocycles. The Balaban J connectivity index is 2.12. The van der Waals surface area contributed by atoms with Crippen molar-refractivity contribution in [1.29, 1.82) is 0 Å². The number of hydrogen-bond acceptors (Lipinski definition) is 2. The summed E-state index contributed by atoms with van der Waals surface area (Å²) in [6.07, 6.45) is 9.20. The topological polar surface area (TPSA) is 6.48 Å². The van der Waals surface area contributed by atoms with Gasteiger partial charge in [0.05, 0.1) is 0 Å². The van der Waals surface area contributed by atoms with E-state index >= 15 is 0 Å². The van der Waals surface area contributed by atoms with Crippen molar-refractivity contribution in [3.05, 3.63) is 61.2 Å². The summed E-state index contributed by atoms with van der Waals surface area (Å²) in [5, 5.41) is 0. The first-order valence-electron chi connectivity index (χ1n) is 9.01. The van der Waals surface area contributed by atoms with Crippen molar-refractivity contribution in [2.24, 2.45) is 0 Å². The molecule has 23 heavy (non-hydrogen) atoms. The Labute approximate surface area is 142 Å². The lowest BCUT2D eigenvalue weighted by Crippen LogP contribution is -2.40. The summed E-state index contributed by atoms with van der Waals surface area (Å²) in [4.78, 5) is 5.15. The van der Waals surface area contributed by atoms with Crippen LogP contribution in [0, 0.1) is 0 Å². The molecule has 0 unspecified atom stereocenters. The van der Waals surface area contributed by atoms with Crippen LogP contribution in [0.25, 0.3) is 0 Å². The molecule has 0 saturated carbocycles. The van der Waals surface area contributed by atoms with E-state index < -0.39 is 0 Å². The average Bonchev–Trinajstić information content (AvgIpc) is 2.61. The molecule has 2 atom stereocenters. The maximum atomic E-state index is 3.91. The first-order valence-corrected chi connectivity index (χ1v) is 9.01. The zero-order valence-corrected chi connectivity index (χ0v) is 14.7. The minimum Gasteiger partial charge on any atom is -0.296 e. The molecule has 2 heteroatoms. The van der Waals surface area contributed by atoms with E-state index in [1.54, 1.807) is 0 Å². The number of hydrogen-bond donors (Lipinski definition) is 0. The van der Waals surface area contributed by atoms with Crippen molar-refractivity contribution in [3.8, 4) is 0 Å². The van der Waals surface area contributed by atoms with Crippen LogP contribution < -0.4 is 0 Å². The number of likely N-dealkylation sites (tertiary alicyclic amines) is 1. The highest BCUT2D eigenvalue weighted by Crippen LogP contribution is 2.29. The Kier molecular flexibility index (Phi) is 7.57. The van der Waals surface area contributed by atoms with Gasteiger partial charge in [0.25, 0.3) is 0 Å². The van der Waals surface area contributed by atoms with Crippen LogP contribution in [-0.4, -0.2) is 42.0 Å². The number of piperidine rings is 1. The fraction of sp³-hybridized carbons (Fsp3) is 0.524. The quantitative estimate of drug-likeness (QED) is 0.612. The molecule has 2 rings (SSSR count). The minimum atomic E-state index is 0.512. The molecule has 0 amide bonds. The number of rotatable bonds is 9. The molecule has 1 aromatic carbocycles. The van der Waals surface area contributed by atoms with Gasteiger partial charge in [0, 0.05) is 25.2 Å². The summed E-state index contributed by atoms with van der Waals surface area (Å²) in [6.45, 7) is 14.5. The van der Waals surface area contributed by atoms with Gasteiger partial charge in [-0.25, -0.2) is 0 Å². The van der Waals surface area contributed by atoms with Crippen LogP contribution in [0.2, 0.25) is 0 Å². The van der Waals surface area contributed by atoms with Crippen LogP contribution >= 0.6 is 0 Å². The Morgan fingerprint density at radius 3 is 2.22 bits per heavy atom.